The highest BCUT2D eigenvalue weighted by molar-refractivity contribution is 7.86. The maximum absolute atomic E-state index is 12.3. The minimum absolute atomic E-state index is 0.0759. The molecule has 1 aliphatic rings. The van der Waals surface area contributed by atoms with Crippen LogP contribution in [0, 0.1) is 12.8 Å². The van der Waals surface area contributed by atoms with Gasteiger partial charge >= 0.3 is 6.09 Å². The first-order valence-electron chi connectivity index (χ1n) is 9.52. The van der Waals surface area contributed by atoms with Gasteiger partial charge in [-0.2, -0.15) is 8.42 Å². The zero-order valence-electron chi connectivity index (χ0n) is 17.3. The van der Waals surface area contributed by atoms with E-state index in [4.69, 9.17) is 13.7 Å². The predicted octanol–water partition coefficient (Wildman–Crippen LogP) is 3.36. The second-order valence-corrected chi connectivity index (χ2v) is 9.92. The average Bonchev–Trinajstić information content (AvgIpc) is 2.57. The van der Waals surface area contributed by atoms with Gasteiger partial charge in [-0.15, -0.1) is 0 Å². The Hall–Kier alpha value is -1.64. The van der Waals surface area contributed by atoms with Gasteiger partial charge in [-0.3, -0.25) is 4.18 Å². The van der Waals surface area contributed by atoms with E-state index < -0.39 is 15.7 Å². The smallest absolute Gasteiger partial charge is 0.410 e. The van der Waals surface area contributed by atoms with E-state index in [0.717, 1.165) is 12.0 Å². The minimum atomic E-state index is -3.80. The normalized spacial score (nSPS) is 20.8. The van der Waals surface area contributed by atoms with E-state index in [-0.39, 0.29) is 36.2 Å². The van der Waals surface area contributed by atoms with Crippen LogP contribution in [0.4, 0.5) is 4.79 Å². The number of rotatable bonds is 6. The molecule has 0 spiro atoms. The number of aryl methyl sites for hydroxylation is 1. The van der Waals surface area contributed by atoms with Crippen LogP contribution in [0.25, 0.3) is 0 Å². The number of ether oxygens (including phenoxy) is 2. The minimum Gasteiger partial charge on any atom is -0.444 e. The van der Waals surface area contributed by atoms with E-state index in [1.807, 2.05) is 34.6 Å². The third-order valence-electron chi connectivity index (χ3n) is 4.26. The van der Waals surface area contributed by atoms with Gasteiger partial charge in [0.1, 0.15) is 5.60 Å². The molecule has 1 heterocycles. The summed E-state index contributed by atoms with van der Waals surface area (Å²) in [5.74, 6) is 0.267. The largest absolute Gasteiger partial charge is 0.444 e. The van der Waals surface area contributed by atoms with Crippen LogP contribution in [-0.2, 0) is 23.8 Å². The Morgan fingerprint density at radius 3 is 2.39 bits per heavy atom. The second-order valence-electron chi connectivity index (χ2n) is 8.31. The summed E-state index contributed by atoms with van der Waals surface area (Å²) in [6.45, 7) is 10.5. The van der Waals surface area contributed by atoms with E-state index in [2.05, 4.69) is 0 Å². The fourth-order valence-corrected chi connectivity index (χ4v) is 3.92. The highest BCUT2D eigenvalue weighted by Gasteiger charge is 2.31. The zero-order chi connectivity index (χ0) is 20.9. The van der Waals surface area contributed by atoms with Crippen LogP contribution < -0.4 is 0 Å². The van der Waals surface area contributed by atoms with Gasteiger partial charge in [0.15, 0.2) is 0 Å². The van der Waals surface area contributed by atoms with Crippen LogP contribution >= 0.6 is 0 Å². The van der Waals surface area contributed by atoms with Crippen molar-refractivity contribution in [3.05, 3.63) is 29.8 Å². The molecule has 0 saturated carbocycles. The zero-order valence-corrected chi connectivity index (χ0v) is 18.1. The molecule has 28 heavy (non-hydrogen) atoms. The standard InChI is InChI=1S/C20H31NO6S/c1-15-6-8-18(9-7-15)28(23,24)26-11-10-25-17-12-16(2)13-21(14-17)19(22)27-20(3,4)5/h6-9,16-17H,10-14H2,1-5H3/t16-,17+/m1/s1. The number of hydrogen-bond donors (Lipinski definition) is 0. The highest BCUT2D eigenvalue weighted by Crippen LogP contribution is 2.21. The SMILES string of the molecule is Cc1ccc(S(=O)(=O)OCCO[C@H]2C[C@@H](C)CN(C(=O)OC(C)(C)C)C2)cc1. The number of nitrogens with zero attached hydrogens (tertiary/aromatic N) is 1. The van der Waals surface area contributed by atoms with Gasteiger partial charge in [-0.05, 0) is 52.2 Å². The van der Waals surface area contributed by atoms with E-state index >= 15 is 0 Å². The molecule has 1 amide bonds. The lowest BCUT2D eigenvalue weighted by Crippen LogP contribution is -2.48. The van der Waals surface area contributed by atoms with Gasteiger partial charge in [-0.1, -0.05) is 24.6 Å². The Labute approximate surface area is 168 Å². The molecule has 0 bridgehead atoms. The van der Waals surface area contributed by atoms with E-state index in [1.54, 1.807) is 17.0 Å². The van der Waals surface area contributed by atoms with Crippen LogP contribution in [0.5, 0.6) is 0 Å². The average molecular weight is 414 g/mol. The summed E-state index contributed by atoms with van der Waals surface area (Å²) in [6, 6.07) is 6.49. The highest BCUT2D eigenvalue weighted by atomic mass is 32.2. The molecule has 1 aromatic carbocycles. The summed E-state index contributed by atoms with van der Waals surface area (Å²) in [4.78, 5) is 14.1. The number of hydrogen-bond acceptors (Lipinski definition) is 6. The van der Waals surface area contributed by atoms with Crippen molar-refractivity contribution in [3.63, 3.8) is 0 Å². The Kier molecular flexibility index (Phi) is 7.47. The quantitative estimate of drug-likeness (QED) is 0.525. The summed E-state index contributed by atoms with van der Waals surface area (Å²) >= 11 is 0. The van der Waals surface area contributed by atoms with Crippen molar-refractivity contribution in [2.75, 3.05) is 26.3 Å². The maximum Gasteiger partial charge on any atom is 0.410 e. The molecule has 7 nitrogen and oxygen atoms in total. The van der Waals surface area contributed by atoms with Crippen LogP contribution in [-0.4, -0.2) is 57.4 Å². The fraction of sp³-hybridized carbons (Fsp3) is 0.650. The molecule has 1 saturated heterocycles. The molecule has 0 radical (unpaired) electrons. The van der Waals surface area contributed by atoms with E-state index in [0.29, 0.717) is 13.1 Å². The third-order valence-corrected chi connectivity index (χ3v) is 5.58. The van der Waals surface area contributed by atoms with Crippen molar-refractivity contribution in [3.8, 4) is 0 Å². The summed E-state index contributed by atoms with van der Waals surface area (Å²) in [7, 11) is -3.80. The van der Waals surface area contributed by atoms with Crippen LogP contribution in [0.1, 0.15) is 39.7 Å². The molecular weight excluding hydrogens is 382 g/mol. The van der Waals surface area contributed by atoms with Crippen LogP contribution in [0.3, 0.4) is 0 Å². The van der Waals surface area contributed by atoms with Crippen molar-refractivity contribution >= 4 is 16.2 Å². The summed E-state index contributed by atoms with van der Waals surface area (Å²) in [5.41, 5.74) is 0.426. The van der Waals surface area contributed by atoms with E-state index in [9.17, 15) is 13.2 Å². The van der Waals surface area contributed by atoms with Gasteiger partial charge in [0, 0.05) is 6.54 Å². The number of amides is 1. The number of benzene rings is 1. The number of carbonyl (C=O) groups excluding carboxylic acids is 1. The first kappa shape index (κ1) is 22.6. The van der Waals surface area contributed by atoms with Gasteiger partial charge in [0.25, 0.3) is 10.1 Å². The number of carbonyl (C=O) groups is 1. The monoisotopic (exact) mass is 413 g/mol. The molecule has 2 atom stereocenters. The summed E-state index contributed by atoms with van der Waals surface area (Å²) in [5, 5.41) is 0. The Bertz CT molecular complexity index is 754. The molecule has 0 N–H and O–H groups in total. The molecule has 0 unspecified atom stereocenters. The molecule has 1 aliphatic heterocycles. The molecule has 1 aromatic rings. The molecule has 1 fully saturated rings. The molecule has 8 heteroatoms. The van der Waals surface area contributed by atoms with Crippen LogP contribution in [0.2, 0.25) is 0 Å². The maximum atomic E-state index is 12.3. The van der Waals surface area contributed by atoms with Crippen molar-refractivity contribution in [2.24, 2.45) is 5.92 Å². The summed E-state index contributed by atoms with van der Waals surface area (Å²) < 4.78 is 40.6. The Balaban J connectivity index is 1.81. The van der Waals surface area contributed by atoms with Gasteiger partial charge in [0.05, 0.1) is 30.8 Å². The first-order chi connectivity index (χ1) is 13.0. The first-order valence-corrected chi connectivity index (χ1v) is 10.9. The molecule has 0 aliphatic carbocycles. The van der Waals surface area contributed by atoms with E-state index in [1.165, 1.54) is 12.1 Å². The topological polar surface area (TPSA) is 82.1 Å². The van der Waals surface area contributed by atoms with Gasteiger partial charge in [0.2, 0.25) is 0 Å². The Morgan fingerprint density at radius 2 is 1.79 bits per heavy atom. The van der Waals surface area contributed by atoms with Crippen molar-refractivity contribution in [2.45, 2.75) is 57.6 Å². The van der Waals surface area contributed by atoms with Crippen molar-refractivity contribution in [1.82, 2.24) is 4.90 Å². The van der Waals surface area contributed by atoms with Gasteiger partial charge in [-0.25, -0.2) is 4.79 Å². The lowest BCUT2D eigenvalue weighted by atomic mass is 9.98. The van der Waals surface area contributed by atoms with Crippen molar-refractivity contribution < 1.29 is 26.9 Å². The lowest BCUT2D eigenvalue weighted by Gasteiger charge is -2.37. The lowest BCUT2D eigenvalue weighted by molar-refractivity contribution is -0.0372. The summed E-state index contributed by atoms with van der Waals surface area (Å²) in [6.07, 6.45) is 0.261. The second kappa shape index (κ2) is 9.24. The fourth-order valence-electron chi connectivity index (χ4n) is 3.02. The Morgan fingerprint density at radius 1 is 1.14 bits per heavy atom. The predicted molar refractivity (Wildman–Crippen MR) is 106 cm³/mol. The molecule has 158 valence electrons. The molecule has 2 rings (SSSR count). The van der Waals surface area contributed by atoms with Gasteiger partial charge < -0.3 is 14.4 Å². The third kappa shape index (κ3) is 7.07. The molecular formula is C20H31NO6S. The van der Waals surface area contributed by atoms with Crippen LogP contribution in [0.15, 0.2) is 29.2 Å². The van der Waals surface area contributed by atoms with Crippen molar-refractivity contribution in [1.29, 1.82) is 0 Å². The number of piperidine rings is 1. The molecule has 0 aromatic heterocycles. The number of likely N-dealkylation sites (tertiary alicyclic amines) is 1.